The zero-order chi connectivity index (χ0) is 21.9. The number of hydrogen-bond donors (Lipinski definition) is 4. The number of benzene rings is 1. The molecule has 0 bridgehead atoms. The largest absolute Gasteiger partial charge is 0.494 e. The predicted molar refractivity (Wildman–Crippen MR) is 104 cm³/mol. The average Bonchev–Trinajstić information content (AvgIpc) is 2.74. The van der Waals surface area contributed by atoms with Crippen LogP contribution < -0.4 is 15.4 Å². The third-order valence-corrected chi connectivity index (χ3v) is 3.95. The Kier molecular flexibility index (Phi) is 9.13. The second kappa shape index (κ2) is 11.8. The van der Waals surface area contributed by atoms with Gasteiger partial charge in [-0.1, -0.05) is 0 Å². The molecule has 2 amide bonds. The molecule has 1 aromatic heterocycles. The van der Waals surface area contributed by atoms with Gasteiger partial charge >= 0.3 is 7.12 Å². The van der Waals surface area contributed by atoms with Crippen LogP contribution in [0.25, 0.3) is 0 Å². The molecule has 2 aromatic rings. The molecule has 0 aliphatic carbocycles. The van der Waals surface area contributed by atoms with Gasteiger partial charge in [-0.25, -0.2) is 9.37 Å². The maximum Gasteiger partial charge on any atom is 0.475 e. The Morgan fingerprint density at radius 3 is 2.53 bits per heavy atom. The molecule has 1 aromatic carbocycles. The van der Waals surface area contributed by atoms with Gasteiger partial charge in [0, 0.05) is 25.9 Å². The van der Waals surface area contributed by atoms with Crippen molar-refractivity contribution in [2.24, 2.45) is 0 Å². The molecule has 0 saturated heterocycles. The summed E-state index contributed by atoms with van der Waals surface area (Å²) in [6, 6.07) is 4.20. The average molecular weight is 420 g/mol. The first-order chi connectivity index (χ1) is 14.4. The normalized spacial score (nSPS) is 12.5. The summed E-state index contributed by atoms with van der Waals surface area (Å²) in [5.41, 5.74) is 0.0119. The molecular weight excluding hydrogens is 398 g/mol. The highest BCUT2D eigenvalue weighted by Crippen LogP contribution is 2.11. The zero-order valence-corrected chi connectivity index (χ0v) is 16.2. The van der Waals surface area contributed by atoms with Gasteiger partial charge in [0.15, 0.2) is 0 Å². The third-order valence-electron chi connectivity index (χ3n) is 3.95. The van der Waals surface area contributed by atoms with E-state index in [1.165, 1.54) is 50.0 Å². The topological polar surface area (TPSA) is 143 Å². The number of aromatic nitrogens is 2. The fourth-order valence-corrected chi connectivity index (χ4v) is 2.41. The molecule has 0 aliphatic heterocycles. The van der Waals surface area contributed by atoms with Gasteiger partial charge in [-0.05, 0) is 24.3 Å². The summed E-state index contributed by atoms with van der Waals surface area (Å²) in [4.78, 5) is 32.4. The van der Waals surface area contributed by atoms with E-state index >= 15 is 0 Å². The molecule has 0 saturated carbocycles. The summed E-state index contributed by atoms with van der Waals surface area (Å²) in [5, 5.41) is 24.0. The smallest absolute Gasteiger partial charge is 0.475 e. The van der Waals surface area contributed by atoms with Gasteiger partial charge in [-0.3, -0.25) is 14.6 Å². The van der Waals surface area contributed by atoms with Crippen molar-refractivity contribution < 1.29 is 33.5 Å². The molecule has 2 atom stereocenters. The van der Waals surface area contributed by atoms with E-state index in [0.717, 1.165) is 0 Å². The molecule has 0 aliphatic rings. The van der Waals surface area contributed by atoms with E-state index < -0.39 is 36.7 Å². The molecule has 0 spiro atoms. The van der Waals surface area contributed by atoms with Gasteiger partial charge in [0.05, 0.1) is 25.4 Å². The summed E-state index contributed by atoms with van der Waals surface area (Å²) in [6.45, 7) is -0.132. The van der Waals surface area contributed by atoms with Gasteiger partial charge in [-0.2, -0.15) is 0 Å². The minimum Gasteiger partial charge on any atom is -0.494 e. The van der Waals surface area contributed by atoms with Crippen molar-refractivity contribution in [3.05, 3.63) is 54.4 Å². The van der Waals surface area contributed by atoms with Gasteiger partial charge in [0.2, 0.25) is 5.91 Å². The van der Waals surface area contributed by atoms with Crippen molar-refractivity contribution in [2.75, 3.05) is 20.3 Å². The highest BCUT2D eigenvalue weighted by molar-refractivity contribution is 6.43. The molecule has 4 N–H and O–H groups in total. The van der Waals surface area contributed by atoms with Crippen LogP contribution in [0, 0.1) is 5.82 Å². The van der Waals surface area contributed by atoms with Crippen LogP contribution in [0.2, 0.25) is 0 Å². The summed E-state index contributed by atoms with van der Waals surface area (Å²) >= 11 is 0. The Morgan fingerprint density at radius 1 is 1.20 bits per heavy atom. The number of methoxy groups -OCH3 is 1. The van der Waals surface area contributed by atoms with E-state index in [2.05, 4.69) is 20.6 Å². The minimum absolute atomic E-state index is 0.0119. The lowest BCUT2D eigenvalue weighted by atomic mass is 9.77. The highest BCUT2D eigenvalue weighted by Gasteiger charge is 2.29. The Bertz CT molecular complexity index is 812. The van der Waals surface area contributed by atoms with Gasteiger partial charge < -0.3 is 30.2 Å². The number of carbonyl (C=O) groups is 2. The number of carbonyl (C=O) groups excluding carboxylic acids is 2. The fraction of sp³-hybridized carbons (Fsp3) is 0.333. The Balaban J connectivity index is 1.92. The molecular formula is C18H22BFN4O6. The highest BCUT2D eigenvalue weighted by atomic mass is 19.1. The van der Waals surface area contributed by atoms with Crippen molar-refractivity contribution in [3.63, 3.8) is 0 Å². The van der Waals surface area contributed by atoms with Crippen LogP contribution in [-0.2, 0) is 9.53 Å². The van der Waals surface area contributed by atoms with Crippen molar-refractivity contribution in [2.45, 2.75) is 18.4 Å². The van der Waals surface area contributed by atoms with Crippen LogP contribution in [0.3, 0.4) is 0 Å². The number of hydrogen-bond acceptors (Lipinski definition) is 8. The van der Waals surface area contributed by atoms with E-state index in [9.17, 15) is 24.0 Å². The van der Waals surface area contributed by atoms with Crippen LogP contribution in [0.5, 0.6) is 5.75 Å². The number of nitrogens with one attached hydrogen (secondary N) is 2. The van der Waals surface area contributed by atoms with Crippen LogP contribution in [0.1, 0.15) is 16.9 Å². The summed E-state index contributed by atoms with van der Waals surface area (Å²) in [6.07, 6.45) is 4.01. The molecule has 1 heterocycles. The Labute approximate surface area is 172 Å². The first kappa shape index (κ1) is 23.2. The summed E-state index contributed by atoms with van der Waals surface area (Å²) in [7, 11) is -0.520. The molecule has 30 heavy (non-hydrogen) atoms. The Morgan fingerprint density at radius 2 is 1.93 bits per heavy atom. The number of rotatable bonds is 11. The number of amides is 2. The second-order valence-electron chi connectivity index (χ2n) is 6.19. The fourth-order valence-electron chi connectivity index (χ4n) is 2.41. The molecule has 0 radical (unpaired) electrons. The van der Waals surface area contributed by atoms with E-state index in [1.54, 1.807) is 0 Å². The molecule has 1 unspecified atom stereocenters. The number of nitrogens with zero attached hydrogens (tertiary/aromatic N) is 2. The minimum atomic E-state index is -1.87. The van der Waals surface area contributed by atoms with Crippen molar-refractivity contribution in [1.29, 1.82) is 0 Å². The predicted octanol–water partition coefficient (Wildman–Crippen LogP) is -0.674. The third kappa shape index (κ3) is 7.39. The number of ether oxygens (including phenoxy) is 2. The maximum absolute atomic E-state index is 12.9. The second-order valence-corrected chi connectivity index (χ2v) is 6.19. The SMILES string of the molecule is COCC(NC(=O)c1cnccn1)C(=O)N[C@@H](CCOc1ccc(F)cc1)B(O)O. The monoisotopic (exact) mass is 420 g/mol. The first-order valence-electron chi connectivity index (χ1n) is 9.01. The zero-order valence-electron chi connectivity index (χ0n) is 16.2. The van der Waals surface area contributed by atoms with E-state index in [4.69, 9.17) is 9.47 Å². The molecule has 2 rings (SSSR count). The Hall–Kier alpha value is -3.09. The summed E-state index contributed by atoms with van der Waals surface area (Å²) in [5.74, 6) is -2.42. The lowest BCUT2D eigenvalue weighted by molar-refractivity contribution is -0.124. The van der Waals surface area contributed by atoms with E-state index in [0.29, 0.717) is 5.75 Å². The van der Waals surface area contributed by atoms with E-state index in [1.807, 2.05) is 0 Å². The number of halogens is 1. The van der Waals surface area contributed by atoms with Crippen LogP contribution in [0.4, 0.5) is 4.39 Å². The van der Waals surface area contributed by atoms with Crippen LogP contribution in [-0.4, -0.2) is 71.3 Å². The molecule has 160 valence electrons. The van der Waals surface area contributed by atoms with Crippen molar-refractivity contribution >= 4 is 18.9 Å². The standard InChI is InChI=1S/C18H22BFN4O6/c1-29-11-15(23-17(25)14-10-21-7-8-22-14)18(26)24-16(19(27)28)6-9-30-13-4-2-12(20)3-5-13/h2-5,7-8,10,15-16,27-28H,6,9,11H2,1H3,(H,23,25)(H,24,26)/t15?,16-/m0/s1. The quantitative estimate of drug-likeness (QED) is 0.351. The van der Waals surface area contributed by atoms with Gasteiger partial charge in [-0.15, -0.1) is 0 Å². The van der Waals surface area contributed by atoms with Crippen LogP contribution >= 0.6 is 0 Å². The first-order valence-corrected chi connectivity index (χ1v) is 9.01. The van der Waals surface area contributed by atoms with Crippen molar-refractivity contribution in [3.8, 4) is 5.75 Å². The summed E-state index contributed by atoms with van der Waals surface area (Å²) < 4.78 is 23.3. The van der Waals surface area contributed by atoms with Crippen molar-refractivity contribution in [1.82, 2.24) is 20.6 Å². The van der Waals surface area contributed by atoms with Gasteiger partial charge in [0.25, 0.3) is 5.91 Å². The van der Waals surface area contributed by atoms with Gasteiger partial charge in [0.1, 0.15) is 23.3 Å². The van der Waals surface area contributed by atoms with E-state index in [-0.39, 0.29) is 25.3 Å². The molecule has 12 heteroatoms. The maximum atomic E-state index is 12.9. The molecule has 0 fully saturated rings. The molecule has 10 nitrogen and oxygen atoms in total. The lowest BCUT2D eigenvalue weighted by Crippen LogP contribution is -2.55. The van der Waals surface area contributed by atoms with Crippen LogP contribution in [0.15, 0.2) is 42.9 Å². The lowest BCUT2D eigenvalue weighted by Gasteiger charge is -2.22.